The average molecular weight is 716 g/mol. The molecule has 1 fully saturated rings. The third-order valence-corrected chi connectivity index (χ3v) is 12.6. The molecule has 268 valence electrons. The van der Waals surface area contributed by atoms with Crippen molar-refractivity contribution in [1.29, 1.82) is 0 Å². The minimum absolute atomic E-state index is 0.0310. The van der Waals surface area contributed by atoms with Gasteiger partial charge in [0.15, 0.2) is 17.1 Å². The molecule has 0 radical (unpaired) electrons. The van der Waals surface area contributed by atoms with Crippen LogP contribution in [0.15, 0.2) is 152 Å². The summed E-state index contributed by atoms with van der Waals surface area (Å²) in [7, 11) is 1.72. The minimum Gasteiger partial charge on any atom is -0.497 e. The van der Waals surface area contributed by atoms with E-state index >= 15 is 0 Å². The zero-order chi connectivity index (χ0) is 36.6. The highest BCUT2D eigenvalue weighted by molar-refractivity contribution is 6.08. The SMILES string of the molecule is COc1ccc(C2(c3ccc(N4c5ccccc5Oc5ccccc54)cc3)C=Cc3c4c(c5ccccc5c3O2)-c2ccccc2C42CCCCCC2)cc1. The predicted octanol–water partition coefficient (Wildman–Crippen LogP) is 13.4. The Kier molecular flexibility index (Phi) is 7.25. The van der Waals surface area contributed by atoms with Crippen LogP contribution in [-0.4, -0.2) is 7.11 Å². The van der Waals surface area contributed by atoms with Crippen LogP contribution in [0.2, 0.25) is 0 Å². The Morgan fingerprint density at radius 1 is 0.600 bits per heavy atom. The number of hydrogen-bond acceptors (Lipinski definition) is 4. The summed E-state index contributed by atoms with van der Waals surface area (Å²) in [6.07, 6.45) is 12.1. The number of benzene rings is 7. The molecule has 2 heterocycles. The van der Waals surface area contributed by atoms with Crippen molar-refractivity contribution in [2.24, 2.45) is 0 Å². The molecule has 0 aromatic heterocycles. The maximum Gasteiger partial charge on any atom is 0.178 e. The predicted molar refractivity (Wildman–Crippen MR) is 223 cm³/mol. The molecule has 0 bridgehead atoms. The third-order valence-electron chi connectivity index (χ3n) is 12.6. The maximum absolute atomic E-state index is 7.70. The number of anilines is 3. The van der Waals surface area contributed by atoms with Gasteiger partial charge >= 0.3 is 0 Å². The fraction of sp³-hybridized carbons (Fsp3) is 0.176. The van der Waals surface area contributed by atoms with Gasteiger partial charge in [0.05, 0.1) is 18.5 Å². The van der Waals surface area contributed by atoms with Gasteiger partial charge in [-0.25, -0.2) is 0 Å². The number of para-hydroxylation sites is 4. The first-order valence-electron chi connectivity index (χ1n) is 19.7. The van der Waals surface area contributed by atoms with E-state index in [1.54, 1.807) is 7.11 Å². The van der Waals surface area contributed by atoms with Crippen LogP contribution in [0.25, 0.3) is 28.0 Å². The van der Waals surface area contributed by atoms with E-state index in [9.17, 15) is 0 Å². The molecule has 0 amide bonds. The molecule has 4 heteroatoms. The van der Waals surface area contributed by atoms with Crippen molar-refractivity contribution in [1.82, 2.24) is 0 Å². The van der Waals surface area contributed by atoms with E-state index in [2.05, 4.69) is 126 Å². The molecular weight excluding hydrogens is 675 g/mol. The molecule has 7 aromatic carbocycles. The molecule has 11 rings (SSSR count). The van der Waals surface area contributed by atoms with Crippen molar-refractivity contribution in [3.8, 4) is 34.1 Å². The van der Waals surface area contributed by atoms with E-state index in [1.807, 2.05) is 36.4 Å². The minimum atomic E-state index is -0.891. The molecule has 1 spiro atoms. The second-order valence-electron chi connectivity index (χ2n) is 15.4. The molecule has 0 saturated heterocycles. The Labute approximate surface area is 322 Å². The van der Waals surface area contributed by atoms with Crippen molar-refractivity contribution in [2.45, 2.75) is 49.5 Å². The summed E-state index contributed by atoms with van der Waals surface area (Å²) < 4.78 is 19.7. The van der Waals surface area contributed by atoms with Gasteiger partial charge in [0.1, 0.15) is 11.5 Å². The van der Waals surface area contributed by atoms with Gasteiger partial charge in [-0.2, -0.15) is 0 Å². The van der Waals surface area contributed by atoms with Crippen LogP contribution in [0.1, 0.15) is 66.3 Å². The van der Waals surface area contributed by atoms with E-state index in [-0.39, 0.29) is 5.41 Å². The number of methoxy groups -OCH3 is 1. The molecule has 7 aromatic rings. The van der Waals surface area contributed by atoms with E-state index in [1.165, 1.54) is 58.9 Å². The summed E-state index contributed by atoms with van der Waals surface area (Å²) in [6.45, 7) is 0. The lowest BCUT2D eigenvalue weighted by atomic mass is 9.70. The average Bonchev–Trinajstić information content (AvgIpc) is 3.35. The second-order valence-corrected chi connectivity index (χ2v) is 15.4. The Hall–Kier alpha value is -6.26. The lowest BCUT2D eigenvalue weighted by molar-refractivity contribution is 0.163. The lowest BCUT2D eigenvalue weighted by Gasteiger charge is -2.40. The Balaban J connectivity index is 1.11. The van der Waals surface area contributed by atoms with Gasteiger partial charge in [0.2, 0.25) is 0 Å². The molecule has 2 aliphatic carbocycles. The van der Waals surface area contributed by atoms with Gasteiger partial charge in [0, 0.05) is 33.2 Å². The van der Waals surface area contributed by atoms with Crippen molar-refractivity contribution in [3.63, 3.8) is 0 Å². The van der Waals surface area contributed by atoms with Crippen molar-refractivity contribution in [3.05, 3.63) is 179 Å². The fourth-order valence-electron chi connectivity index (χ4n) is 10.1. The van der Waals surface area contributed by atoms with E-state index in [4.69, 9.17) is 14.2 Å². The first kappa shape index (κ1) is 32.2. The number of fused-ring (bicyclic) bond motifs is 12. The van der Waals surface area contributed by atoms with Crippen LogP contribution < -0.4 is 19.1 Å². The van der Waals surface area contributed by atoms with Crippen molar-refractivity contribution in [2.75, 3.05) is 12.0 Å². The molecule has 2 aliphatic heterocycles. The van der Waals surface area contributed by atoms with Crippen molar-refractivity contribution >= 4 is 33.9 Å². The lowest BCUT2D eigenvalue weighted by Crippen LogP contribution is -2.35. The Morgan fingerprint density at radius 3 is 1.89 bits per heavy atom. The molecule has 0 N–H and O–H groups in total. The van der Waals surface area contributed by atoms with E-state index < -0.39 is 5.60 Å². The van der Waals surface area contributed by atoms with Crippen LogP contribution in [0.3, 0.4) is 0 Å². The third kappa shape index (κ3) is 4.70. The molecular formula is C51H41NO3. The second kappa shape index (κ2) is 12.4. The molecule has 4 aliphatic rings. The zero-order valence-corrected chi connectivity index (χ0v) is 30.9. The quantitative estimate of drug-likeness (QED) is 0.182. The van der Waals surface area contributed by atoms with Crippen molar-refractivity contribution < 1.29 is 14.2 Å². The molecule has 4 nitrogen and oxygen atoms in total. The summed E-state index contributed by atoms with van der Waals surface area (Å²) in [5.74, 6) is 3.45. The van der Waals surface area contributed by atoms with Crippen LogP contribution >= 0.6 is 0 Å². The highest BCUT2D eigenvalue weighted by atomic mass is 16.5. The molecule has 1 unspecified atom stereocenters. The summed E-state index contributed by atoms with van der Waals surface area (Å²) in [6, 6.07) is 51.8. The van der Waals surface area contributed by atoms with Crippen LogP contribution in [0, 0.1) is 0 Å². The summed E-state index contributed by atoms with van der Waals surface area (Å²) in [5.41, 5.74) is 11.2. The smallest absolute Gasteiger partial charge is 0.178 e. The van der Waals surface area contributed by atoms with Gasteiger partial charge in [-0.15, -0.1) is 0 Å². The highest BCUT2D eigenvalue weighted by Gasteiger charge is 2.48. The molecule has 1 saturated carbocycles. The normalized spacial score (nSPS) is 18.6. The van der Waals surface area contributed by atoms with Gasteiger partial charge in [0.25, 0.3) is 0 Å². The van der Waals surface area contributed by atoms with Gasteiger partial charge in [-0.3, -0.25) is 0 Å². The number of ether oxygens (including phenoxy) is 3. The monoisotopic (exact) mass is 715 g/mol. The summed E-state index contributed by atoms with van der Waals surface area (Å²) in [5, 5.41) is 2.42. The standard InChI is InChI=1S/C51H41NO3/c1-53-37-28-24-35(25-29-37)51(34-22-26-36(27-23-34)52-43-18-8-10-20-45(43)54-46-21-11-9-19-44(46)52)33-30-41-48-47(38-14-4-5-15-39(38)49(41)55-51)40-16-6-7-17-42(40)50(48)31-12-2-3-13-32-50/h4-11,14-30,33H,2-3,12-13,31-32H2,1H3. The summed E-state index contributed by atoms with van der Waals surface area (Å²) in [4.78, 5) is 2.28. The van der Waals surface area contributed by atoms with Gasteiger partial charge in [-0.1, -0.05) is 129 Å². The highest BCUT2D eigenvalue weighted by Crippen LogP contribution is 2.62. The van der Waals surface area contributed by atoms with Gasteiger partial charge < -0.3 is 19.1 Å². The zero-order valence-electron chi connectivity index (χ0n) is 30.9. The molecule has 1 atom stereocenters. The number of nitrogens with zero attached hydrogens (tertiary/aromatic N) is 1. The first-order chi connectivity index (χ1) is 27.2. The summed E-state index contributed by atoms with van der Waals surface area (Å²) >= 11 is 0. The van der Waals surface area contributed by atoms with Crippen LogP contribution in [-0.2, 0) is 11.0 Å². The van der Waals surface area contributed by atoms with Crippen LogP contribution in [0.5, 0.6) is 23.0 Å². The topological polar surface area (TPSA) is 30.9 Å². The fourth-order valence-corrected chi connectivity index (χ4v) is 10.1. The number of rotatable bonds is 4. The van der Waals surface area contributed by atoms with E-state index in [0.29, 0.717) is 0 Å². The Morgan fingerprint density at radius 2 is 1.20 bits per heavy atom. The maximum atomic E-state index is 7.70. The Bertz CT molecular complexity index is 2600. The number of hydrogen-bond donors (Lipinski definition) is 0. The first-order valence-corrected chi connectivity index (χ1v) is 19.7. The van der Waals surface area contributed by atoms with Crippen LogP contribution in [0.4, 0.5) is 17.1 Å². The van der Waals surface area contributed by atoms with Gasteiger partial charge in [-0.05, 0) is 95.1 Å². The largest absolute Gasteiger partial charge is 0.497 e. The molecule has 55 heavy (non-hydrogen) atoms. The van der Waals surface area contributed by atoms with E-state index in [0.717, 1.165) is 69.4 Å².